The molecule has 0 unspecified atom stereocenters. The summed E-state index contributed by atoms with van der Waals surface area (Å²) in [4.78, 5) is 0. The van der Waals surface area contributed by atoms with E-state index in [4.69, 9.17) is 0 Å². The van der Waals surface area contributed by atoms with Gasteiger partial charge in [0.15, 0.2) is 0 Å². The van der Waals surface area contributed by atoms with Crippen molar-refractivity contribution in [2.75, 3.05) is 0 Å². The van der Waals surface area contributed by atoms with Gasteiger partial charge in [-0.15, -0.1) is 11.3 Å². The van der Waals surface area contributed by atoms with Gasteiger partial charge in [0.1, 0.15) is 0 Å². The zero-order chi connectivity index (χ0) is 21.7. The van der Waals surface area contributed by atoms with Crippen LogP contribution in [0.3, 0.4) is 0 Å². The van der Waals surface area contributed by atoms with Gasteiger partial charge in [-0.1, -0.05) is 94.8 Å². The van der Waals surface area contributed by atoms with E-state index in [0.29, 0.717) is 0 Å². The summed E-state index contributed by atoms with van der Waals surface area (Å²) in [6, 6.07) is 35.5. The fourth-order valence-electron chi connectivity index (χ4n) is 5.69. The Balaban J connectivity index is 1.88. The van der Waals surface area contributed by atoms with Crippen molar-refractivity contribution < 1.29 is 0 Å². The molecular weight excluding hydrogens is 486 g/mol. The van der Waals surface area contributed by atoms with E-state index in [1.165, 1.54) is 69.0 Å². The second kappa shape index (κ2) is 6.34. The average molecular weight is 502 g/mol. The van der Waals surface area contributed by atoms with E-state index in [1.54, 1.807) is 0 Å². The maximum absolute atomic E-state index is 3.88. The summed E-state index contributed by atoms with van der Waals surface area (Å²) >= 11 is 5.80. The van der Waals surface area contributed by atoms with Crippen molar-refractivity contribution in [2.45, 2.75) is 0 Å². The maximum atomic E-state index is 3.88. The fourth-order valence-corrected chi connectivity index (χ4v) is 7.54. The molecule has 5 aromatic carbocycles. The van der Waals surface area contributed by atoms with Crippen molar-refractivity contribution in [1.29, 1.82) is 0 Å². The number of benzene rings is 5. The molecule has 0 atom stereocenters. The van der Waals surface area contributed by atoms with E-state index in [-0.39, 0.29) is 0 Å². The molecule has 0 spiro atoms. The second-order valence-electron chi connectivity index (χ2n) is 8.65. The number of hydrogen-bond donors (Lipinski definition) is 0. The van der Waals surface area contributed by atoms with E-state index in [0.717, 1.165) is 4.47 Å². The van der Waals surface area contributed by atoms with Crippen LogP contribution in [0.15, 0.2) is 102 Å². The van der Waals surface area contributed by atoms with Gasteiger partial charge >= 0.3 is 0 Å². The summed E-state index contributed by atoms with van der Waals surface area (Å²) in [5.74, 6) is 0. The zero-order valence-electron chi connectivity index (χ0n) is 17.5. The normalized spacial score (nSPS) is 12.4. The van der Waals surface area contributed by atoms with E-state index < -0.39 is 0 Å². The summed E-state index contributed by atoms with van der Waals surface area (Å²) in [5, 5.41) is 10.4. The highest BCUT2D eigenvalue weighted by Crippen LogP contribution is 2.47. The molecule has 0 aliphatic rings. The van der Waals surface area contributed by atoms with Gasteiger partial charge in [0.2, 0.25) is 0 Å². The molecule has 3 heterocycles. The molecule has 154 valence electrons. The summed E-state index contributed by atoms with van der Waals surface area (Å²) in [7, 11) is 0. The van der Waals surface area contributed by atoms with E-state index in [9.17, 15) is 0 Å². The maximum Gasteiger partial charge on any atom is 0.0734 e. The Morgan fingerprint density at radius 3 is 1.97 bits per heavy atom. The lowest BCUT2D eigenvalue weighted by atomic mass is 10.0. The lowest BCUT2D eigenvalue weighted by Crippen LogP contribution is -1.89. The van der Waals surface area contributed by atoms with Gasteiger partial charge in [-0.05, 0) is 45.1 Å². The smallest absolute Gasteiger partial charge is 0.0734 e. The van der Waals surface area contributed by atoms with Crippen LogP contribution in [0.2, 0.25) is 0 Å². The van der Waals surface area contributed by atoms with E-state index in [1.807, 2.05) is 11.3 Å². The zero-order valence-corrected chi connectivity index (χ0v) is 19.9. The number of rotatable bonds is 0. The van der Waals surface area contributed by atoms with Gasteiger partial charge in [-0.3, -0.25) is 0 Å². The topological polar surface area (TPSA) is 4.41 Å². The summed E-state index contributed by atoms with van der Waals surface area (Å²) < 4.78 is 6.35. The minimum absolute atomic E-state index is 1.14. The molecule has 0 bridgehead atoms. The minimum Gasteiger partial charge on any atom is -0.307 e. The van der Waals surface area contributed by atoms with Gasteiger partial charge in [0.05, 0.1) is 21.3 Å². The molecular formula is C30H16BrNS. The van der Waals surface area contributed by atoms with Gasteiger partial charge in [0, 0.05) is 25.3 Å². The van der Waals surface area contributed by atoms with Crippen molar-refractivity contribution in [3.63, 3.8) is 0 Å². The largest absolute Gasteiger partial charge is 0.307 e. The van der Waals surface area contributed by atoms with E-state index in [2.05, 4.69) is 117 Å². The molecule has 0 radical (unpaired) electrons. The predicted octanol–water partition coefficient (Wildman–Crippen LogP) is 9.68. The van der Waals surface area contributed by atoms with Crippen molar-refractivity contribution in [3.8, 4) is 0 Å². The second-order valence-corrected chi connectivity index (χ2v) is 10.6. The summed E-state index contributed by atoms with van der Waals surface area (Å²) in [5.41, 5.74) is 3.82. The third kappa shape index (κ3) is 2.21. The molecule has 33 heavy (non-hydrogen) atoms. The Labute approximate surface area is 201 Å². The van der Waals surface area contributed by atoms with Crippen LogP contribution in [0.5, 0.6) is 0 Å². The highest BCUT2D eigenvalue weighted by atomic mass is 79.9. The SMILES string of the molecule is Brc1cc2c(c3ccccc13)c1sc3cccc4c5ccccc5c5ccccc5n2c1c34. The van der Waals surface area contributed by atoms with Gasteiger partial charge in [-0.25, -0.2) is 0 Å². The molecule has 0 saturated carbocycles. The quantitative estimate of drug-likeness (QED) is 0.194. The van der Waals surface area contributed by atoms with Crippen molar-refractivity contribution in [3.05, 3.63) is 102 Å². The number of fused-ring (bicyclic) bond motifs is 10. The van der Waals surface area contributed by atoms with E-state index >= 15 is 0 Å². The van der Waals surface area contributed by atoms with Crippen LogP contribution in [0.1, 0.15) is 0 Å². The third-order valence-electron chi connectivity index (χ3n) is 7.01. The molecule has 0 aliphatic carbocycles. The minimum atomic E-state index is 1.14. The van der Waals surface area contributed by atoms with Crippen LogP contribution in [0.4, 0.5) is 0 Å². The van der Waals surface area contributed by atoms with Crippen LogP contribution in [0, 0.1) is 0 Å². The molecule has 8 rings (SSSR count). The van der Waals surface area contributed by atoms with Crippen LogP contribution in [-0.4, -0.2) is 4.40 Å². The standard InChI is InChI=1S/C30H16BrNS/c31-23-16-25-27(22-12-4-3-10-19(22)23)30-29-28-21(13-7-15-26(28)33-30)18-9-2-1-8-17(18)20-11-5-6-14-24(20)32(25)29/h1-16H. The number of halogens is 1. The van der Waals surface area contributed by atoms with Crippen LogP contribution in [0.25, 0.3) is 69.0 Å². The first-order valence-electron chi connectivity index (χ1n) is 11.1. The number of para-hydroxylation sites is 1. The van der Waals surface area contributed by atoms with Gasteiger partial charge in [-0.2, -0.15) is 0 Å². The Hall–Kier alpha value is -3.40. The Morgan fingerprint density at radius 1 is 0.545 bits per heavy atom. The summed E-state index contributed by atoms with van der Waals surface area (Å²) in [6.45, 7) is 0. The monoisotopic (exact) mass is 501 g/mol. The van der Waals surface area contributed by atoms with Crippen molar-refractivity contribution in [2.24, 2.45) is 0 Å². The van der Waals surface area contributed by atoms with Gasteiger partial charge in [0.25, 0.3) is 0 Å². The Kier molecular flexibility index (Phi) is 3.47. The first-order chi connectivity index (χ1) is 16.3. The van der Waals surface area contributed by atoms with Crippen molar-refractivity contribution in [1.82, 2.24) is 4.40 Å². The molecule has 3 aromatic heterocycles. The van der Waals surface area contributed by atoms with Crippen LogP contribution < -0.4 is 0 Å². The molecule has 0 fully saturated rings. The average Bonchev–Trinajstić information content (AvgIpc) is 3.37. The lowest BCUT2D eigenvalue weighted by molar-refractivity contribution is 1.36. The number of thiophene rings is 1. The lowest BCUT2D eigenvalue weighted by Gasteiger charge is -2.10. The fraction of sp³-hybridized carbons (Fsp3) is 0. The molecule has 3 heteroatoms. The number of aromatic nitrogens is 1. The van der Waals surface area contributed by atoms with Crippen LogP contribution in [-0.2, 0) is 0 Å². The van der Waals surface area contributed by atoms with Gasteiger partial charge < -0.3 is 4.40 Å². The predicted molar refractivity (Wildman–Crippen MR) is 148 cm³/mol. The van der Waals surface area contributed by atoms with Crippen LogP contribution >= 0.6 is 27.3 Å². The molecule has 0 amide bonds. The molecule has 8 aromatic rings. The molecule has 0 N–H and O–H groups in total. The molecule has 0 aliphatic heterocycles. The first-order valence-corrected chi connectivity index (χ1v) is 12.7. The first kappa shape index (κ1) is 18.1. The molecule has 1 nitrogen and oxygen atoms in total. The summed E-state index contributed by atoms with van der Waals surface area (Å²) in [6.07, 6.45) is 0. The Bertz CT molecular complexity index is 2090. The third-order valence-corrected chi connectivity index (χ3v) is 8.83. The van der Waals surface area contributed by atoms with Crippen molar-refractivity contribution >= 4 is 96.3 Å². The Morgan fingerprint density at radius 2 is 1.15 bits per heavy atom. The highest BCUT2D eigenvalue weighted by molar-refractivity contribution is 9.10. The highest BCUT2D eigenvalue weighted by Gasteiger charge is 2.21. The number of nitrogens with zero attached hydrogens (tertiary/aromatic N) is 1. The number of hydrogen-bond acceptors (Lipinski definition) is 1. The molecule has 0 saturated heterocycles.